The van der Waals surface area contributed by atoms with Gasteiger partial charge in [-0.1, -0.05) is 50.3 Å². The van der Waals surface area contributed by atoms with Crippen LogP contribution in [0.4, 0.5) is 5.69 Å². The molecule has 0 spiro atoms. The molecule has 0 saturated heterocycles. The third-order valence-corrected chi connectivity index (χ3v) is 9.15. The van der Waals surface area contributed by atoms with Gasteiger partial charge in [-0.3, -0.25) is 17.0 Å². The SMILES string of the molecule is Cn1c(O)c(/C=C/C=C/C2=CC3=IN(C=C2)c2ccccc2C3(C)C)c(=O)n(C)c1=O. The van der Waals surface area contributed by atoms with Crippen LogP contribution in [0.1, 0.15) is 25.0 Å². The summed E-state index contributed by atoms with van der Waals surface area (Å²) < 4.78 is 5.84. The standard InChI is InChI=1S/C24H24IN3O3/c1-24(2)18-11-7-8-12-19(18)28-14-13-16(15-20(24)25-28)9-5-6-10-17-21(29)26(3)23(31)27(4)22(17)30/h5-15,29H,1-4H3/b9-5+,10-6+. The van der Waals surface area contributed by atoms with Crippen LogP contribution in [0.2, 0.25) is 0 Å². The minimum atomic E-state index is -0.561. The number of allylic oxidation sites excluding steroid dienone is 6. The highest BCUT2D eigenvalue weighted by Crippen LogP contribution is 2.44. The molecule has 6 nitrogen and oxygen atoms in total. The van der Waals surface area contributed by atoms with Gasteiger partial charge in [0.1, 0.15) is 5.56 Å². The van der Waals surface area contributed by atoms with Gasteiger partial charge in [-0.25, -0.2) is 4.79 Å². The molecular weight excluding hydrogens is 505 g/mol. The highest BCUT2D eigenvalue weighted by Gasteiger charge is 2.33. The van der Waals surface area contributed by atoms with E-state index in [4.69, 9.17) is 0 Å². The van der Waals surface area contributed by atoms with Gasteiger partial charge in [0.2, 0.25) is 5.88 Å². The lowest BCUT2D eigenvalue weighted by molar-refractivity contribution is 0.410. The molecule has 0 aliphatic carbocycles. The maximum absolute atomic E-state index is 12.3. The number of aromatic hydroxyl groups is 1. The average Bonchev–Trinajstić information content (AvgIpc) is 2.97. The summed E-state index contributed by atoms with van der Waals surface area (Å²) >= 11 is -0.311. The minimum Gasteiger partial charge on any atom is -0.494 e. The van der Waals surface area contributed by atoms with Gasteiger partial charge in [0.05, 0.1) is 5.69 Å². The van der Waals surface area contributed by atoms with Gasteiger partial charge in [0.15, 0.2) is 0 Å². The Bertz CT molecular complexity index is 1340. The topological polar surface area (TPSA) is 67.5 Å². The minimum absolute atomic E-state index is 0.0197. The van der Waals surface area contributed by atoms with E-state index in [1.165, 1.54) is 34.9 Å². The number of rotatable bonds is 3. The smallest absolute Gasteiger partial charge is 0.333 e. The normalized spacial score (nSPS) is 17.2. The van der Waals surface area contributed by atoms with E-state index in [-0.39, 0.29) is 37.9 Å². The largest absolute Gasteiger partial charge is 0.494 e. The van der Waals surface area contributed by atoms with E-state index >= 15 is 0 Å². The monoisotopic (exact) mass is 529 g/mol. The molecule has 1 N–H and O–H groups in total. The number of para-hydroxylation sites is 1. The third kappa shape index (κ3) is 3.67. The predicted molar refractivity (Wildman–Crippen MR) is 135 cm³/mol. The molecule has 0 fully saturated rings. The van der Waals surface area contributed by atoms with Gasteiger partial charge < -0.3 is 5.11 Å². The van der Waals surface area contributed by atoms with Crippen LogP contribution in [0.5, 0.6) is 5.88 Å². The maximum atomic E-state index is 12.3. The van der Waals surface area contributed by atoms with Crippen LogP contribution in [-0.2, 0) is 19.5 Å². The van der Waals surface area contributed by atoms with E-state index in [0.717, 1.165) is 14.7 Å². The van der Waals surface area contributed by atoms with Crippen LogP contribution in [0.25, 0.3) is 6.08 Å². The number of nitrogens with zero attached hydrogens (tertiary/aromatic N) is 3. The van der Waals surface area contributed by atoms with Gasteiger partial charge in [0.25, 0.3) is 5.56 Å². The third-order valence-electron chi connectivity index (χ3n) is 5.61. The second kappa shape index (κ2) is 7.96. The van der Waals surface area contributed by atoms with E-state index in [1.807, 2.05) is 12.2 Å². The molecule has 2 bridgehead atoms. The van der Waals surface area contributed by atoms with Crippen molar-refractivity contribution in [1.29, 1.82) is 0 Å². The first-order valence-corrected chi connectivity index (χ1v) is 11.9. The fourth-order valence-corrected chi connectivity index (χ4v) is 6.61. The molecule has 2 aliphatic heterocycles. The van der Waals surface area contributed by atoms with Gasteiger partial charge in [0, 0.05) is 50.2 Å². The molecule has 0 unspecified atom stereocenters. The highest BCUT2D eigenvalue weighted by atomic mass is 127. The number of hydrogen-bond donors (Lipinski definition) is 1. The van der Waals surface area contributed by atoms with Crippen molar-refractivity contribution in [3.63, 3.8) is 0 Å². The van der Waals surface area contributed by atoms with Crippen molar-refractivity contribution in [3.05, 3.63) is 98.4 Å². The molecule has 0 saturated carbocycles. The first kappa shape index (κ1) is 21.3. The van der Waals surface area contributed by atoms with Gasteiger partial charge in [-0.05, 0) is 35.4 Å². The Morgan fingerprint density at radius 2 is 1.74 bits per heavy atom. The summed E-state index contributed by atoms with van der Waals surface area (Å²) in [5, 5.41) is 10.2. The van der Waals surface area contributed by atoms with E-state index in [1.54, 1.807) is 6.08 Å². The quantitative estimate of drug-likeness (QED) is 0.375. The lowest BCUT2D eigenvalue weighted by atomic mass is 9.80. The number of anilines is 1. The summed E-state index contributed by atoms with van der Waals surface area (Å²) in [6, 6.07) is 8.56. The Balaban J connectivity index is 1.63. The van der Waals surface area contributed by atoms with E-state index in [0.29, 0.717) is 0 Å². The summed E-state index contributed by atoms with van der Waals surface area (Å²) in [6.45, 7) is 4.55. The summed E-state index contributed by atoms with van der Waals surface area (Å²) in [4.78, 5) is 24.2. The lowest BCUT2D eigenvalue weighted by Crippen LogP contribution is -2.37. The van der Waals surface area contributed by atoms with Gasteiger partial charge >= 0.3 is 5.69 Å². The fourth-order valence-electron chi connectivity index (χ4n) is 3.65. The summed E-state index contributed by atoms with van der Waals surface area (Å²) in [5.74, 6) is -0.340. The molecule has 160 valence electrons. The number of halogens is 1. The van der Waals surface area contributed by atoms with Gasteiger partial charge in [-0.15, -0.1) is 0 Å². The Morgan fingerprint density at radius 1 is 1.03 bits per heavy atom. The molecule has 0 radical (unpaired) electrons. The van der Waals surface area contributed by atoms with Crippen LogP contribution in [-0.4, -0.2) is 17.7 Å². The van der Waals surface area contributed by atoms with E-state index < -0.39 is 11.2 Å². The molecule has 3 heterocycles. The molecule has 2 aliphatic rings. The summed E-state index contributed by atoms with van der Waals surface area (Å²) in [5.41, 5.74) is 2.66. The van der Waals surface area contributed by atoms with Crippen molar-refractivity contribution in [2.45, 2.75) is 19.3 Å². The van der Waals surface area contributed by atoms with Gasteiger partial charge in [-0.2, -0.15) is 0 Å². The van der Waals surface area contributed by atoms with Crippen LogP contribution < -0.4 is 14.4 Å². The van der Waals surface area contributed by atoms with E-state index in [2.05, 4.69) is 59.6 Å². The summed E-state index contributed by atoms with van der Waals surface area (Å²) in [7, 11) is 2.82. The molecule has 0 atom stereocenters. The van der Waals surface area contributed by atoms with Crippen molar-refractivity contribution in [1.82, 2.24) is 9.13 Å². The van der Waals surface area contributed by atoms with Crippen molar-refractivity contribution in [2.24, 2.45) is 14.1 Å². The lowest BCUT2D eigenvalue weighted by Gasteiger charge is -2.35. The molecule has 1 aromatic carbocycles. The molecular formula is C24H24IN3O3. The number of benzene rings is 1. The van der Waals surface area contributed by atoms with Crippen LogP contribution >= 0.6 is 21.0 Å². The van der Waals surface area contributed by atoms with Crippen molar-refractivity contribution >= 4 is 36.3 Å². The van der Waals surface area contributed by atoms with Crippen molar-refractivity contribution in [3.8, 4) is 5.88 Å². The number of fused-ring (bicyclic) bond motifs is 3. The average molecular weight is 529 g/mol. The molecule has 7 heteroatoms. The second-order valence-electron chi connectivity index (χ2n) is 8.01. The van der Waals surface area contributed by atoms with Crippen molar-refractivity contribution < 1.29 is 5.11 Å². The zero-order chi connectivity index (χ0) is 22.3. The molecule has 0 amide bonds. The molecule has 1 aromatic heterocycles. The number of aromatic nitrogens is 2. The molecule has 4 rings (SSSR count). The molecule has 2 aromatic rings. The van der Waals surface area contributed by atoms with Crippen LogP contribution in [0.3, 0.4) is 0 Å². The maximum Gasteiger partial charge on any atom is 0.333 e. The molecule has 31 heavy (non-hydrogen) atoms. The van der Waals surface area contributed by atoms with Crippen LogP contribution in [0, 0.1) is 0 Å². The van der Waals surface area contributed by atoms with Crippen molar-refractivity contribution in [2.75, 3.05) is 3.11 Å². The first-order chi connectivity index (χ1) is 14.7. The Labute approximate surface area is 190 Å². The summed E-state index contributed by atoms with van der Waals surface area (Å²) in [6.07, 6.45) is 13.5. The number of hydrogen-bond acceptors (Lipinski definition) is 4. The Hall–Kier alpha value is -2.94. The zero-order valence-electron chi connectivity index (χ0n) is 17.8. The zero-order valence-corrected chi connectivity index (χ0v) is 20.0. The first-order valence-electron chi connectivity index (χ1n) is 9.86. The highest BCUT2D eigenvalue weighted by molar-refractivity contribution is 14.2. The second-order valence-corrected chi connectivity index (χ2v) is 10.7. The fraction of sp³-hybridized carbons (Fsp3) is 0.208. The Kier molecular flexibility index (Phi) is 5.47. The van der Waals surface area contributed by atoms with E-state index in [9.17, 15) is 14.7 Å². The van der Waals surface area contributed by atoms with Crippen LogP contribution in [0.15, 0.2) is 76.0 Å². The predicted octanol–water partition coefficient (Wildman–Crippen LogP) is 3.67. The Morgan fingerprint density at radius 3 is 2.52 bits per heavy atom.